The van der Waals surface area contributed by atoms with Gasteiger partial charge >= 0.3 is 6.09 Å². The van der Waals surface area contributed by atoms with Gasteiger partial charge in [-0.3, -0.25) is 4.79 Å². The van der Waals surface area contributed by atoms with E-state index in [1.165, 1.54) is 0 Å². The highest BCUT2D eigenvalue weighted by Gasteiger charge is 2.29. The first kappa shape index (κ1) is 19.3. The summed E-state index contributed by atoms with van der Waals surface area (Å²) in [5.41, 5.74) is -0.0421. The van der Waals surface area contributed by atoms with Crippen LogP contribution >= 0.6 is 0 Å². The Labute approximate surface area is 159 Å². The lowest BCUT2D eigenvalue weighted by atomic mass is 10.0. The van der Waals surface area contributed by atoms with Crippen molar-refractivity contribution in [2.24, 2.45) is 0 Å². The maximum Gasteiger partial charge on any atom is 0.407 e. The summed E-state index contributed by atoms with van der Waals surface area (Å²) >= 11 is 0. The molecule has 27 heavy (non-hydrogen) atoms. The number of benzene rings is 1. The lowest BCUT2D eigenvalue weighted by molar-refractivity contribution is 0.0486. The minimum Gasteiger partial charge on any atom is -0.454 e. The minimum absolute atomic E-state index is 0.141. The smallest absolute Gasteiger partial charge is 0.407 e. The van der Waals surface area contributed by atoms with Crippen LogP contribution in [0.2, 0.25) is 0 Å². The van der Waals surface area contributed by atoms with E-state index in [1.54, 1.807) is 18.2 Å². The van der Waals surface area contributed by atoms with Crippen molar-refractivity contribution in [3.8, 4) is 11.5 Å². The number of amides is 2. The average Bonchev–Trinajstić information content (AvgIpc) is 2.95. The van der Waals surface area contributed by atoms with Gasteiger partial charge in [-0.1, -0.05) is 19.3 Å². The fourth-order valence-electron chi connectivity index (χ4n) is 3.40. The Balaban J connectivity index is 1.66. The van der Waals surface area contributed by atoms with Crippen LogP contribution in [0.15, 0.2) is 18.2 Å². The molecule has 0 spiro atoms. The topological polar surface area (TPSA) is 85.9 Å². The van der Waals surface area contributed by atoms with E-state index in [9.17, 15) is 9.59 Å². The van der Waals surface area contributed by atoms with Gasteiger partial charge in [-0.25, -0.2) is 4.79 Å². The van der Waals surface area contributed by atoms with Gasteiger partial charge in [0, 0.05) is 11.6 Å². The number of ether oxygens (including phenoxy) is 3. The van der Waals surface area contributed by atoms with Gasteiger partial charge < -0.3 is 24.8 Å². The molecule has 1 aliphatic heterocycles. The van der Waals surface area contributed by atoms with Crippen LogP contribution in [-0.4, -0.2) is 36.5 Å². The SMILES string of the molecule is CC(C)(C)OC(=O)N[C@@H]1CCCCC[C@H]1NC(=O)c1ccc2c(c1)OCO2. The summed E-state index contributed by atoms with van der Waals surface area (Å²) in [7, 11) is 0. The fourth-order valence-corrected chi connectivity index (χ4v) is 3.40. The van der Waals surface area contributed by atoms with E-state index in [1.807, 2.05) is 20.8 Å². The molecule has 3 rings (SSSR count). The first-order valence-electron chi connectivity index (χ1n) is 9.52. The van der Waals surface area contributed by atoms with Crippen LogP contribution in [0.5, 0.6) is 11.5 Å². The number of hydrogen-bond acceptors (Lipinski definition) is 5. The molecule has 0 saturated heterocycles. The van der Waals surface area contributed by atoms with Crippen molar-refractivity contribution in [2.75, 3.05) is 6.79 Å². The largest absolute Gasteiger partial charge is 0.454 e. The van der Waals surface area contributed by atoms with Gasteiger partial charge in [0.1, 0.15) is 5.60 Å². The zero-order valence-electron chi connectivity index (χ0n) is 16.2. The molecule has 148 valence electrons. The predicted octanol–water partition coefficient (Wildman–Crippen LogP) is 3.37. The molecule has 0 bridgehead atoms. The second-order valence-corrected chi connectivity index (χ2v) is 8.04. The quantitative estimate of drug-likeness (QED) is 0.790. The molecule has 1 saturated carbocycles. The van der Waals surface area contributed by atoms with E-state index < -0.39 is 11.7 Å². The van der Waals surface area contributed by atoms with E-state index in [-0.39, 0.29) is 24.8 Å². The molecule has 2 amide bonds. The summed E-state index contributed by atoms with van der Waals surface area (Å²) < 4.78 is 16.0. The molecule has 7 heteroatoms. The van der Waals surface area contributed by atoms with Gasteiger partial charge in [0.25, 0.3) is 5.91 Å². The van der Waals surface area contributed by atoms with Crippen molar-refractivity contribution in [3.05, 3.63) is 23.8 Å². The third kappa shape index (κ3) is 5.28. The summed E-state index contributed by atoms with van der Waals surface area (Å²) in [6.07, 6.45) is 4.29. The molecular weight excluding hydrogens is 348 g/mol. The predicted molar refractivity (Wildman–Crippen MR) is 100 cm³/mol. The highest BCUT2D eigenvalue weighted by Crippen LogP contribution is 2.32. The Hall–Kier alpha value is -2.44. The van der Waals surface area contributed by atoms with E-state index in [2.05, 4.69) is 10.6 Å². The molecule has 0 unspecified atom stereocenters. The summed E-state index contributed by atoms with van der Waals surface area (Å²) in [6.45, 7) is 5.67. The molecule has 1 fully saturated rings. The molecule has 0 aromatic heterocycles. The number of fused-ring (bicyclic) bond motifs is 1. The molecular formula is C20H28N2O5. The number of carbonyl (C=O) groups excluding carboxylic acids is 2. The second kappa shape index (κ2) is 8.06. The van der Waals surface area contributed by atoms with Gasteiger partial charge in [0.2, 0.25) is 6.79 Å². The summed E-state index contributed by atoms with van der Waals surface area (Å²) in [6, 6.07) is 4.85. The van der Waals surface area contributed by atoms with E-state index in [0.717, 1.165) is 32.1 Å². The van der Waals surface area contributed by atoms with Crippen LogP contribution in [0.1, 0.15) is 63.2 Å². The second-order valence-electron chi connectivity index (χ2n) is 8.04. The molecule has 1 aliphatic carbocycles. The Kier molecular flexibility index (Phi) is 5.77. The van der Waals surface area contributed by atoms with Gasteiger partial charge in [-0.05, 0) is 51.8 Å². The van der Waals surface area contributed by atoms with Crippen LogP contribution in [0, 0.1) is 0 Å². The summed E-state index contributed by atoms with van der Waals surface area (Å²) in [5, 5.41) is 6.02. The Morgan fingerprint density at radius 2 is 1.67 bits per heavy atom. The average molecular weight is 376 g/mol. The van der Waals surface area contributed by atoms with Crippen LogP contribution in [0.4, 0.5) is 4.79 Å². The molecule has 2 atom stereocenters. The van der Waals surface area contributed by atoms with Crippen molar-refractivity contribution in [2.45, 2.75) is 70.6 Å². The van der Waals surface area contributed by atoms with Gasteiger partial charge in [0.15, 0.2) is 11.5 Å². The molecule has 1 aromatic rings. The van der Waals surface area contributed by atoms with E-state index in [4.69, 9.17) is 14.2 Å². The first-order valence-corrected chi connectivity index (χ1v) is 9.52. The van der Waals surface area contributed by atoms with Gasteiger partial charge in [0.05, 0.1) is 6.04 Å². The molecule has 7 nitrogen and oxygen atoms in total. The summed E-state index contributed by atoms with van der Waals surface area (Å²) in [5.74, 6) is 1.04. The van der Waals surface area contributed by atoms with Crippen molar-refractivity contribution >= 4 is 12.0 Å². The number of carbonyl (C=O) groups is 2. The van der Waals surface area contributed by atoms with E-state index >= 15 is 0 Å². The van der Waals surface area contributed by atoms with Gasteiger partial charge in [-0.15, -0.1) is 0 Å². The number of alkyl carbamates (subject to hydrolysis) is 1. The standard InChI is InChI=1S/C20H28N2O5/c1-20(2,3)27-19(24)22-15-8-6-4-5-7-14(15)21-18(23)13-9-10-16-17(11-13)26-12-25-16/h9-11,14-15H,4-8,12H2,1-3H3,(H,21,23)(H,22,24)/t14-,15-/m1/s1. The Morgan fingerprint density at radius 3 is 2.37 bits per heavy atom. The van der Waals surface area contributed by atoms with Crippen molar-refractivity contribution in [3.63, 3.8) is 0 Å². The lowest BCUT2D eigenvalue weighted by Crippen LogP contribution is -2.52. The van der Waals surface area contributed by atoms with Crippen molar-refractivity contribution in [1.82, 2.24) is 10.6 Å². The third-order valence-electron chi connectivity index (χ3n) is 4.67. The maximum absolute atomic E-state index is 12.7. The molecule has 1 heterocycles. The van der Waals surface area contributed by atoms with Crippen molar-refractivity contribution < 1.29 is 23.8 Å². The zero-order valence-corrected chi connectivity index (χ0v) is 16.2. The maximum atomic E-state index is 12.7. The van der Waals surface area contributed by atoms with Gasteiger partial charge in [-0.2, -0.15) is 0 Å². The highest BCUT2D eigenvalue weighted by molar-refractivity contribution is 5.95. The highest BCUT2D eigenvalue weighted by atomic mass is 16.7. The summed E-state index contributed by atoms with van der Waals surface area (Å²) in [4.78, 5) is 24.9. The van der Waals surface area contributed by atoms with Crippen LogP contribution < -0.4 is 20.1 Å². The molecule has 0 radical (unpaired) electrons. The van der Waals surface area contributed by atoms with Crippen molar-refractivity contribution in [1.29, 1.82) is 0 Å². The number of nitrogens with one attached hydrogen (secondary N) is 2. The molecule has 2 N–H and O–H groups in total. The van der Waals surface area contributed by atoms with Crippen LogP contribution in [0.3, 0.4) is 0 Å². The monoisotopic (exact) mass is 376 g/mol. The lowest BCUT2D eigenvalue weighted by Gasteiger charge is -2.28. The Bertz CT molecular complexity index is 698. The van der Waals surface area contributed by atoms with Crippen LogP contribution in [0.25, 0.3) is 0 Å². The fraction of sp³-hybridized carbons (Fsp3) is 0.600. The molecule has 2 aliphatic rings. The number of rotatable bonds is 3. The third-order valence-corrected chi connectivity index (χ3v) is 4.67. The minimum atomic E-state index is -0.556. The van der Waals surface area contributed by atoms with Crippen LogP contribution in [-0.2, 0) is 4.74 Å². The normalized spacial score (nSPS) is 21.9. The Morgan fingerprint density at radius 1 is 1.00 bits per heavy atom. The number of hydrogen-bond donors (Lipinski definition) is 2. The zero-order chi connectivity index (χ0) is 19.4. The molecule has 1 aromatic carbocycles. The van der Waals surface area contributed by atoms with E-state index in [0.29, 0.717) is 17.1 Å². The first-order chi connectivity index (χ1) is 12.8.